The standard InChI is InChI=1S/C14H27O.CH3.Al.H/c1-2-3-4-5-6-7-8-11-14-12-9-10-13-15-14;;;/h2-13H2,1H3;1H3;;. The van der Waals surface area contributed by atoms with E-state index >= 15 is 0 Å². The van der Waals surface area contributed by atoms with E-state index in [2.05, 4.69) is 12.7 Å². The molecule has 0 aromatic rings. The van der Waals surface area contributed by atoms with E-state index in [-0.39, 0.29) is 15.2 Å². The zero-order chi connectivity index (χ0) is 12.4. The molecule has 0 aliphatic carbocycles. The Balaban J connectivity index is 2.03. The van der Waals surface area contributed by atoms with Crippen molar-refractivity contribution in [1.82, 2.24) is 0 Å². The van der Waals surface area contributed by atoms with Gasteiger partial charge in [0.2, 0.25) is 0 Å². The molecule has 0 spiro atoms. The van der Waals surface area contributed by atoms with Gasteiger partial charge in [-0.25, -0.2) is 0 Å². The summed E-state index contributed by atoms with van der Waals surface area (Å²) in [5, 5.41) is 0. The predicted molar refractivity (Wildman–Crippen MR) is 78.2 cm³/mol. The molecule has 0 radical (unpaired) electrons. The summed E-state index contributed by atoms with van der Waals surface area (Å²) in [5.74, 6) is 2.44. The summed E-state index contributed by atoms with van der Waals surface area (Å²) in [6.45, 7) is 3.33. The van der Waals surface area contributed by atoms with Crippen LogP contribution in [0.15, 0.2) is 0 Å². The van der Waals surface area contributed by atoms with Crippen molar-refractivity contribution >= 4 is 15.2 Å². The van der Waals surface area contributed by atoms with Crippen LogP contribution in [0, 0.1) is 0 Å². The Bertz CT molecular complexity index is 176. The van der Waals surface area contributed by atoms with Crippen LogP contribution in [-0.2, 0) is 4.74 Å². The van der Waals surface area contributed by atoms with Crippen LogP contribution in [0.25, 0.3) is 0 Å². The molecule has 1 atom stereocenters. The minimum Gasteiger partial charge on any atom is -0.391 e. The Morgan fingerprint density at radius 3 is 2.29 bits per heavy atom. The Kier molecular flexibility index (Phi) is 8.62. The van der Waals surface area contributed by atoms with Crippen molar-refractivity contribution in [3.63, 3.8) is 0 Å². The molecule has 0 N–H and O–H groups in total. The lowest BCUT2D eigenvalue weighted by Gasteiger charge is -2.37. The average Bonchev–Trinajstić information content (AvgIpc) is 2.39. The Hall–Kier alpha value is 0.492. The molecule has 1 aliphatic heterocycles. The number of rotatable bonds is 9. The van der Waals surface area contributed by atoms with Gasteiger partial charge in [-0.05, 0) is 25.7 Å². The van der Waals surface area contributed by atoms with E-state index < -0.39 is 0 Å². The van der Waals surface area contributed by atoms with Crippen molar-refractivity contribution in [2.75, 3.05) is 6.61 Å². The van der Waals surface area contributed by atoms with Crippen LogP contribution < -0.4 is 0 Å². The molecule has 1 nitrogen and oxygen atoms in total. The van der Waals surface area contributed by atoms with Gasteiger partial charge in [0.05, 0.1) is 0 Å². The maximum absolute atomic E-state index is 6.12. The third-order valence-corrected chi connectivity index (χ3v) is 6.52. The van der Waals surface area contributed by atoms with Crippen molar-refractivity contribution in [2.45, 2.75) is 87.8 Å². The van der Waals surface area contributed by atoms with Crippen LogP contribution in [0.4, 0.5) is 0 Å². The van der Waals surface area contributed by atoms with Gasteiger partial charge in [-0.15, -0.1) is 5.79 Å². The van der Waals surface area contributed by atoms with Crippen LogP contribution in [0.3, 0.4) is 0 Å². The van der Waals surface area contributed by atoms with Crippen molar-refractivity contribution in [2.24, 2.45) is 0 Å². The third kappa shape index (κ3) is 6.28. The second kappa shape index (κ2) is 9.43. The van der Waals surface area contributed by atoms with E-state index in [9.17, 15) is 0 Å². The van der Waals surface area contributed by atoms with Gasteiger partial charge in [-0.3, -0.25) is 0 Å². The van der Waals surface area contributed by atoms with Gasteiger partial charge in [0.15, 0.2) is 0 Å². The molecule has 1 fully saturated rings. The quantitative estimate of drug-likeness (QED) is 0.434. The summed E-state index contributed by atoms with van der Waals surface area (Å²) in [7, 11) is 0. The first-order valence-corrected chi connectivity index (χ1v) is 10.1. The van der Waals surface area contributed by atoms with Gasteiger partial charge >= 0.3 is 0 Å². The zero-order valence-corrected chi connectivity index (χ0v) is 13.5. The number of hydrogen-bond acceptors (Lipinski definition) is 1. The molecule has 1 unspecified atom stereocenters. The van der Waals surface area contributed by atoms with Crippen LogP contribution in [0.1, 0.15) is 77.6 Å². The molecular formula is C15H31AlO. The minimum atomic E-state index is -0.00844. The maximum Gasteiger partial charge on any atom is 0.284 e. The lowest BCUT2D eigenvalue weighted by molar-refractivity contribution is -0.0264. The predicted octanol–water partition coefficient (Wildman–Crippen LogP) is 4.51. The Labute approximate surface area is 114 Å². The summed E-state index contributed by atoms with van der Waals surface area (Å²) >= 11 is -0.00844. The van der Waals surface area contributed by atoms with Crippen LogP contribution in [-0.4, -0.2) is 26.3 Å². The second-order valence-electron chi connectivity index (χ2n) is 5.71. The van der Waals surface area contributed by atoms with E-state index in [4.69, 9.17) is 4.74 Å². The second-order valence-corrected chi connectivity index (χ2v) is 7.71. The molecule has 100 valence electrons. The monoisotopic (exact) mass is 254 g/mol. The molecule has 17 heavy (non-hydrogen) atoms. The summed E-state index contributed by atoms with van der Waals surface area (Å²) in [4.78, 5) is 0. The molecule has 1 aliphatic rings. The smallest absolute Gasteiger partial charge is 0.284 e. The van der Waals surface area contributed by atoms with Crippen LogP contribution in [0.5, 0.6) is 0 Å². The SMILES string of the molecule is CCCCCCCCC[C]1([AlH][CH3])CCCCO1. The first-order chi connectivity index (χ1) is 8.33. The van der Waals surface area contributed by atoms with Gasteiger partial charge in [0.1, 0.15) is 0 Å². The molecule has 0 saturated carbocycles. The summed E-state index contributed by atoms with van der Waals surface area (Å²) < 4.78 is 6.53. The fraction of sp³-hybridized carbons (Fsp3) is 1.00. The van der Waals surface area contributed by atoms with E-state index in [0.717, 1.165) is 6.61 Å². The first-order valence-electron chi connectivity index (χ1n) is 7.97. The number of ether oxygens (including phenoxy) is 1. The Morgan fingerprint density at radius 2 is 1.71 bits per heavy atom. The lowest BCUT2D eigenvalue weighted by atomic mass is 10.0. The molecule has 0 amide bonds. The molecular weight excluding hydrogens is 223 g/mol. The van der Waals surface area contributed by atoms with Crippen molar-refractivity contribution in [3.05, 3.63) is 0 Å². The van der Waals surface area contributed by atoms with Crippen molar-refractivity contribution in [3.8, 4) is 0 Å². The van der Waals surface area contributed by atoms with Crippen LogP contribution >= 0.6 is 0 Å². The maximum atomic E-state index is 6.12. The van der Waals surface area contributed by atoms with Gasteiger partial charge < -0.3 is 4.74 Å². The average molecular weight is 254 g/mol. The Morgan fingerprint density at radius 1 is 1.00 bits per heavy atom. The summed E-state index contributed by atoms with van der Waals surface area (Å²) in [6.07, 6.45) is 15.4. The highest BCUT2D eigenvalue weighted by Gasteiger charge is 2.31. The topological polar surface area (TPSA) is 9.23 Å². The minimum absolute atomic E-state index is 0.00844. The van der Waals surface area contributed by atoms with Gasteiger partial charge in [-0.2, -0.15) is 0 Å². The molecule has 1 saturated heterocycles. The van der Waals surface area contributed by atoms with Crippen LogP contribution in [0.2, 0.25) is 5.79 Å². The van der Waals surface area contributed by atoms with Crippen molar-refractivity contribution in [1.29, 1.82) is 0 Å². The molecule has 2 heteroatoms. The zero-order valence-electron chi connectivity index (χ0n) is 12.1. The summed E-state index contributed by atoms with van der Waals surface area (Å²) in [5.41, 5.74) is 0. The highest BCUT2D eigenvalue weighted by atomic mass is 27.1. The third-order valence-electron chi connectivity index (χ3n) is 4.32. The fourth-order valence-electron chi connectivity index (χ4n) is 2.97. The van der Waals surface area contributed by atoms with Crippen molar-refractivity contribution < 1.29 is 4.74 Å². The molecule has 0 aromatic heterocycles. The van der Waals surface area contributed by atoms with Gasteiger partial charge in [-0.1, -0.05) is 51.9 Å². The van der Waals surface area contributed by atoms with Gasteiger partial charge in [0, 0.05) is 11.1 Å². The first kappa shape index (κ1) is 15.5. The highest BCUT2D eigenvalue weighted by Crippen LogP contribution is 2.29. The molecule has 0 aromatic carbocycles. The van der Waals surface area contributed by atoms with E-state index in [0.29, 0.717) is 4.46 Å². The van der Waals surface area contributed by atoms with E-state index in [1.54, 1.807) is 0 Å². The number of hydrogen-bond donors (Lipinski definition) is 0. The number of unbranched alkanes of at least 4 members (excludes halogenated alkanes) is 6. The normalized spacial score (nSPS) is 24.8. The summed E-state index contributed by atoms with van der Waals surface area (Å²) in [6, 6.07) is 0. The van der Waals surface area contributed by atoms with Gasteiger partial charge in [0.25, 0.3) is 15.2 Å². The molecule has 1 rings (SSSR count). The largest absolute Gasteiger partial charge is 0.391 e. The van der Waals surface area contributed by atoms with E-state index in [1.165, 1.54) is 70.6 Å². The lowest BCUT2D eigenvalue weighted by Crippen LogP contribution is -2.41. The fourth-order valence-corrected chi connectivity index (χ4v) is 4.52. The van der Waals surface area contributed by atoms with E-state index in [1.807, 2.05) is 0 Å². The highest BCUT2D eigenvalue weighted by molar-refractivity contribution is 6.37. The molecule has 0 bridgehead atoms. The molecule has 1 heterocycles.